The number of sulfonamides is 1. The van der Waals surface area contributed by atoms with Crippen molar-refractivity contribution in [2.45, 2.75) is 32.1 Å². The van der Waals surface area contributed by atoms with Gasteiger partial charge in [0.25, 0.3) is 0 Å². The second kappa shape index (κ2) is 7.80. The molecule has 0 amide bonds. The molecule has 120 valence electrons. The highest BCUT2D eigenvalue weighted by Crippen LogP contribution is 2.35. The predicted octanol–water partition coefficient (Wildman–Crippen LogP) is 3.35. The van der Waals surface area contributed by atoms with Crippen LogP contribution in [0.5, 0.6) is 5.75 Å². The zero-order valence-electron chi connectivity index (χ0n) is 12.4. The summed E-state index contributed by atoms with van der Waals surface area (Å²) in [5.41, 5.74) is 0.450. The lowest BCUT2D eigenvalue weighted by Crippen LogP contribution is -2.37. The van der Waals surface area contributed by atoms with Gasteiger partial charge in [-0.1, -0.05) is 13.8 Å². The van der Waals surface area contributed by atoms with E-state index >= 15 is 0 Å². The third kappa shape index (κ3) is 5.43. The maximum Gasteiger partial charge on any atom is 0.236 e. The third-order valence-electron chi connectivity index (χ3n) is 2.84. The van der Waals surface area contributed by atoms with Crippen molar-refractivity contribution in [3.8, 4) is 5.75 Å². The molecule has 0 heterocycles. The number of nitrogens with one attached hydrogen (secondary N) is 2. The van der Waals surface area contributed by atoms with E-state index in [2.05, 4.69) is 41.9 Å². The first kappa shape index (κ1) is 18.7. The average Bonchev–Trinajstić information content (AvgIpc) is 2.38. The molecule has 1 rings (SSSR count). The van der Waals surface area contributed by atoms with Gasteiger partial charge in [-0.2, -0.15) is 0 Å². The van der Waals surface area contributed by atoms with Crippen LogP contribution >= 0.6 is 31.9 Å². The van der Waals surface area contributed by atoms with Crippen molar-refractivity contribution in [2.75, 3.05) is 18.4 Å². The minimum absolute atomic E-state index is 0.238. The van der Waals surface area contributed by atoms with Gasteiger partial charge in [0.2, 0.25) is 10.0 Å². The van der Waals surface area contributed by atoms with Gasteiger partial charge in [-0.3, -0.25) is 4.72 Å². The predicted molar refractivity (Wildman–Crippen MR) is 93.5 cm³/mol. The Bertz CT molecular complexity index is 591. The van der Waals surface area contributed by atoms with E-state index in [9.17, 15) is 8.42 Å². The number of methoxy groups -OCH3 is 1. The number of halogens is 2. The maximum absolute atomic E-state index is 12.3. The molecule has 0 saturated heterocycles. The van der Waals surface area contributed by atoms with Crippen molar-refractivity contribution >= 4 is 47.6 Å². The first-order valence-corrected chi connectivity index (χ1v) is 9.58. The Morgan fingerprint density at radius 1 is 1.19 bits per heavy atom. The van der Waals surface area contributed by atoms with Gasteiger partial charge in [0, 0.05) is 23.1 Å². The van der Waals surface area contributed by atoms with Crippen LogP contribution in [0.2, 0.25) is 0 Å². The van der Waals surface area contributed by atoms with Crippen LogP contribution in [0.25, 0.3) is 0 Å². The highest BCUT2D eigenvalue weighted by atomic mass is 79.9. The van der Waals surface area contributed by atoms with Crippen molar-refractivity contribution in [2.24, 2.45) is 0 Å². The van der Waals surface area contributed by atoms with E-state index in [1.165, 1.54) is 7.11 Å². The second-order valence-electron chi connectivity index (χ2n) is 4.99. The summed E-state index contributed by atoms with van der Waals surface area (Å²) < 4.78 is 33.8. The van der Waals surface area contributed by atoms with E-state index in [1.54, 1.807) is 19.1 Å². The summed E-state index contributed by atoms with van der Waals surface area (Å²) in [6.45, 7) is 6.01. The largest absolute Gasteiger partial charge is 0.495 e. The molecular formula is C13H20Br2N2O3S. The SMILES string of the molecule is COc1cc(NS(=O)(=O)C(C)CNC(C)C)c(Br)cc1Br. The molecule has 8 heteroatoms. The minimum atomic E-state index is -3.48. The van der Waals surface area contributed by atoms with E-state index in [1.807, 2.05) is 13.8 Å². The van der Waals surface area contributed by atoms with Crippen LogP contribution in [-0.2, 0) is 10.0 Å². The summed E-state index contributed by atoms with van der Waals surface area (Å²) >= 11 is 6.69. The second-order valence-corrected chi connectivity index (χ2v) is 8.79. The van der Waals surface area contributed by atoms with Crippen molar-refractivity contribution in [3.05, 3.63) is 21.1 Å². The summed E-state index contributed by atoms with van der Waals surface area (Å²) in [7, 11) is -1.95. The summed E-state index contributed by atoms with van der Waals surface area (Å²) in [6, 6.07) is 3.62. The number of hydrogen-bond donors (Lipinski definition) is 2. The first-order valence-electron chi connectivity index (χ1n) is 6.45. The van der Waals surface area contributed by atoms with Gasteiger partial charge in [0.1, 0.15) is 5.75 Å². The van der Waals surface area contributed by atoms with E-state index in [0.717, 1.165) is 4.47 Å². The van der Waals surface area contributed by atoms with E-state index in [-0.39, 0.29) is 6.04 Å². The molecule has 0 spiro atoms. The maximum atomic E-state index is 12.3. The lowest BCUT2D eigenvalue weighted by atomic mass is 10.3. The van der Waals surface area contributed by atoms with Crippen LogP contribution < -0.4 is 14.8 Å². The monoisotopic (exact) mass is 442 g/mol. The lowest BCUT2D eigenvalue weighted by Gasteiger charge is -2.18. The van der Waals surface area contributed by atoms with Crippen LogP contribution in [0.1, 0.15) is 20.8 Å². The van der Waals surface area contributed by atoms with Gasteiger partial charge >= 0.3 is 0 Å². The highest BCUT2D eigenvalue weighted by molar-refractivity contribution is 9.11. The Balaban J connectivity index is 2.93. The highest BCUT2D eigenvalue weighted by Gasteiger charge is 2.22. The molecule has 21 heavy (non-hydrogen) atoms. The van der Waals surface area contributed by atoms with Crippen molar-refractivity contribution in [3.63, 3.8) is 0 Å². The van der Waals surface area contributed by atoms with E-state index in [0.29, 0.717) is 22.5 Å². The molecule has 1 unspecified atom stereocenters. The summed E-state index contributed by atoms with van der Waals surface area (Å²) in [4.78, 5) is 0. The quantitative estimate of drug-likeness (QED) is 0.677. The van der Waals surface area contributed by atoms with Crippen LogP contribution in [0, 0.1) is 0 Å². The Hall–Kier alpha value is -0.310. The standard InChI is InChI=1S/C13H20Br2N2O3S/c1-8(2)16-7-9(3)21(18,19)17-12-6-13(20-4)11(15)5-10(12)14/h5-6,8-9,16-17H,7H2,1-4H3. The fraction of sp³-hybridized carbons (Fsp3) is 0.538. The lowest BCUT2D eigenvalue weighted by molar-refractivity contribution is 0.412. The fourth-order valence-corrected chi connectivity index (χ4v) is 3.91. The molecule has 1 atom stereocenters. The summed E-state index contributed by atoms with van der Waals surface area (Å²) in [5, 5.41) is 2.57. The Morgan fingerprint density at radius 2 is 1.81 bits per heavy atom. The molecule has 2 N–H and O–H groups in total. The van der Waals surface area contributed by atoms with Crippen LogP contribution in [0.4, 0.5) is 5.69 Å². The van der Waals surface area contributed by atoms with Gasteiger partial charge in [0.15, 0.2) is 0 Å². The van der Waals surface area contributed by atoms with Crippen molar-refractivity contribution < 1.29 is 13.2 Å². The van der Waals surface area contributed by atoms with E-state index in [4.69, 9.17) is 4.74 Å². The fourth-order valence-electron chi connectivity index (χ4n) is 1.53. The zero-order chi connectivity index (χ0) is 16.2. The Kier molecular flexibility index (Phi) is 6.96. The molecule has 0 fully saturated rings. The van der Waals surface area contributed by atoms with Gasteiger partial charge in [-0.25, -0.2) is 8.42 Å². The molecule has 0 radical (unpaired) electrons. The van der Waals surface area contributed by atoms with Crippen LogP contribution in [0.3, 0.4) is 0 Å². The third-order valence-corrected chi connectivity index (χ3v) is 5.84. The zero-order valence-corrected chi connectivity index (χ0v) is 16.4. The molecular weight excluding hydrogens is 424 g/mol. The molecule has 0 bridgehead atoms. The van der Waals surface area contributed by atoms with Crippen molar-refractivity contribution in [1.82, 2.24) is 5.32 Å². The normalized spacial score (nSPS) is 13.3. The molecule has 0 aliphatic heterocycles. The molecule has 0 aliphatic carbocycles. The number of ether oxygens (including phenoxy) is 1. The molecule has 1 aromatic rings. The Labute approximate surface area is 143 Å². The topological polar surface area (TPSA) is 67.4 Å². The van der Waals surface area contributed by atoms with Gasteiger partial charge in [-0.15, -0.1) is 0 Å². The van der Waals surface area contributed by atoms with Crippen LogP contribution in [-0.4, -0.2) is 33.4 Å². The molecule has 5 nitrogen and oxygen atoms in total. The molecule has 0 aliphatic rings. The molecule has 0 saturated carbocycles. The van der Waals surface area contributed by atoms with Crippen LogP contribution in [0.15, 0.2) is 21.1 Å². The number of rotatable bonds is 7. The minimum Gasteiger partial charge on any atom is -0.495 e. The smallest absolute Gasteiger partial charge is 0.236 e. The van der Waals surface area contributed by atoms with Crippen molar-refractivity contribution in [1.29, 1.82) is 0 Å². The summed E-state index contributed by atoms with van der Waals surface area (Å²) in [6.07, 6.45) is 0. The molecule has 1 aromatic carbocycles. The number of hydrogen-bond acceptors (Lipinski definition) is 4. The summed E-state index contributed by atoms with van der Waals surface area (Å²) in [5.74, 6) is 0.559. The average molecular weight is 444 g/mol. The van der Waals surface area contributed by atoms with Gasteiger partial charge < -0.3 is 10.1 Å². The molecule has 0 aromatic heterocycles. The van der Waals surface area contributed by atoms with Gasteiger partial charge in [0.05, 0.1) is 22.5 Å². The Morgan fingerprint density at radius 3 is 2.33 bits per heavy atom. The first-order chi connectivity index (χ1) is 9.67. The number of anilines is 1. The number of benzene rings is 1. The van der Waals surface area contributed by atoms with Gasteiger partial charge in [-0.05, 0) is 44.8 Å². The van der Waals surface area contributed by atoms with E-state index < -0.39 is 15.3 Å².